The third-order valence-corrected chi connectivity index (χ3v) is 3.99. The average molecular weight is 304 g/mol. The molecule has 0 bridgehead atoms. The lowest BCUT2D eigenvalue weighted by Gasteiger charge is -2.25. The number of nitrogens with one attached hydrogen (secondary N) is 1. The Labute approximate surface area is 132 Å². The van der Waals surface area contributed by atoms with Crippen molar-refractivity contribution in [2.75, 3.05) is 26.7 Å². The minimum atomic E-state index is -0.296. The van der Waals surface area contributed by atoms with Crippen molar-refractivity contribution in [3.05, 3.63) is 35.9 Å². The van der Waals surface area contributed by atoms with Gasteiger partial charge in [0.1, 0.15) is 18.4 Å². The van der Waals surface area contributed by atoms with Crippen LogP contribution in [0.4, 0.5) is 0 Å². The highest BCUT2D eigenvalue weighted by Gasteiger charge is 2.18. The van der Waals surface area contributed by atoms with Crippen LogP contribution in [0.25, 0.3) is 6.08 Å². The van der Waals surface area contributed by atoms with E-state index in [0.29, 0.717) is 0 Å². The molecule has 120 valence electrons. The third kappa shape index (κ3) is 5.19. The number of ether oxygens (including phenoxy) is 2. The third-order valence-electron chi connectivity index (χ3n) is 3.99. The summed E-state index contributed by atoms with van der Waals surface area (Å²) in [7, 11) is 1.62. The van der Waals surface area contributed by atoms with Crippen LogP contribution in [0.3, 0.4) is 0 Å². The summed E-state index contributed by atoms with van der Waals surface area (Å²) in [5, 5.41) is 0. The number of quaternary nitrogens is 1. The lowest BCUT2D eigenvalue weighted by atomic mass is 10.1. The predicted molar refractivity (Wildman–Crippen MR) is 87.0 cm³/mol. The quantitative estimate of drug-likeness (QED) is 0.642. The SMILES string of the molecule is COc1ccccc1/C=C/C(=O)O[C@H](C)C[NH+]1CCCCC1. The molecule has 0 spiro atoms. The largest absolute Gasteiger partial charge is 0.496 e. The Morgan fingerprint density at radius 1 is 1.27 bits per heavy atom. The number of methoxy groups -OCH3 is 1. The number of esters is 1. The van der Waals surface area contributed by atoms with Gasteiger partial charge < -0.3 is 14.4 Å². The first-order valence-corrected chi connectivity index (χ1v) is 8.04. The van der Waals surface area contributed by atoms with Crippen LogP contribution in [0.15, 0.2) is 30.3 Å². The first kappa shape index (κ1) is 16.6. The second kappa shape index (κ2) is 8.59. The zero-order valence-corrected chi connectivity index (χ0v) is 13.5. The van der Waals surface area contributed by atoms with Gasteiger partial charge in [0.25, 0.3) is 0 Å². The van der Waals surface area contributed by atoms with Crippen LogP contribution in [0.1, 0.15) is 31.7 Å². The summed E-state index contributed by atoms with van der Waals surface area (Å²) in [5.41, 5.74) is 0.872. The second-order valence-electron chi connectivity index (χ2n) is 5.84. The summed E-state index contributed by atoms with van der Waals surface area (Å²) in [6, 6.07) is 7.59. The summed E-state index contributed by atoms with van der Waals surface area (Å²) in [6.07, 6.45) is 7.05. The van der Waals surface area contributed by atoms with Gasteiger partial charge in [-0.05, 0) is 38.3 Å². The molecule has 1 atom stereocenters. The van der Waals surface area contributed by atoms with Gasteiger partial charge in [0, 0.05) is 11.6 Å². The Balaban J connectivity index is 1.82. The first-order chi connectivity index (χ1) is 10.7. The minimum absolute atomic E-state index is 0.0529. The lowest BCUT2D eigenvalue weighted by Crippen LogP contribution is -3.13. The maximum Gasteiger partial charge on any atom is 0.331 e. The summed E-state index contributed by atoms with van der Waals surface area (Å²) in [4.78, 5) is 13.5. The first-order valence-electron chi connectivity index (χ1n) is 8.04. The van der Waals surface area contributed by atoms with Gasteiger partial charge in [-0.3, -0.25) is 0 Å². The fourth-order valence-electron chi connectivity index (χ4n) is 2.90. The second-order valence-corrected chi connectivity index (χ2v) is 5.84. The molecule has 1 aromatic rings. The molecule has 1 fully saturated rings. The molecule has 4 heteroatoms. The number of rotatable bonds is 6. The van der Waals surface area contributed by atoms with Crippen LogP contribution in [0.5, 0.6) is 5.75 Å². The van der Waals surface area contributed by atoms with E-state index < -0.39 is 0 Å². The number of piperidine rings is 1. The monoisotopic (exact) mass is 304 g/mol. The standard InChI is InChI=1S/C18H25NO3/c1-15(14-19-12-6-3-7-13-19)22-18(20)11-10-16-8-4-5-9-17(16)21-2/h4-5,8-11,15H,3,6-7,12-14H2,1-2H3/p+1/b11-10+/t15-/m1/s1. The van der Waals surface area contributed by atoms with E-state index in [1.54, 1.807) is 18.1 Å². The number of carbonyl (C=O) groups excluding carboxylic acids is 1. The van der Waals surface area contributed by atoms with E-state index in [1.165, 1.54) is 38.4 Å². The Morgan fingerprint density at radius 3 is 2.73 bits per heavy atom. The number of hydrogen-bond acceptors (Lipinski definition) is 3. The van der Waals surface area contributed by atoms with E-state index in [9.17, 15) is 4.79 Å². The van der Waals surface area contributed by atoms with Crippen LogP contribution < -0.4 is 9.64 Å². The molecule has 1 aromatic carbocycles. The normalized spacial score (nSPS) is 17.4. The van der Waals surface area contributed by atoms with Crippen molar-refractivity contribution in [2.45, 2.75) is 32.3 Å². The van der Waals surface area contributed by atoms with Crippen molar-refractivity contribution in [1.29, 1.82) is 0 Å². The Hall–Kier alpha value is -1.81. The fourth-order valence-corrected chi connectivity index (χ4v) is 2.90. The molecule has 1 aliphatic heterocycles. The van der Waals surface area contributed by atoms with Crippen LogP contribution in [0.2, 0.25) is 0 Å². The maximum atomic E-state index is 11.9. The van der Waals surface area contributed by atoms with Crippen molar-refractivity contribution in [1.82, 2.24) is 0 Å². The average Bonchev–Trinajstić information content (AvgIpc) is 2.54. The van der Waals surface area contributed by atoms with Crippen LogP contribution in [-0.2, 0) is 9.53 Å². The molecule has 1 saturated heterocycles. The molecule has 0 radical (unpaired) electrons. The molecule has 1 heterocycles. The molecule has 0 aromatic heterocycles. The van der Waals surface area contributed by atoms with Gasteiger partial charge in [0.15, 0.2) is 0 Å². The molecular formula is C18H26NO3+. The molecule has 2 rings (SSSR count). The van der Waals surface area contributed by atoms with E-state index in [-0.39, 0.29) is 12.1 Å². The Bertz CT molecular complexity index is 507. The van der Waals surface area contributed by atoms with E-state index in [4.69, 9.17) is 9.47 Å². The van der Waals surface area contributed by atoms with E-state index in [0.717, 1.165) is 17.9 Å². The molecule has 0 saturated carbocycles. The van der Waals surface area contributed by atoms with Crippen LogP contribution >= 0.6 is 0 Å². The number of para-hydroxylation sites is 1. The molecule has 1 aliphatic rings. The van der Waals surface area contributed by atoms with Gasteiger partial charge in [-0.25, -0.2) is 4.79 Å². The number of hydrogen-bond donors (Lipinski definition) is 1. The van der Waals surface area contributed by atoms with Gasteiger partial charge in [0.05, 0.1) is 20.2 Å². The van der Waals surface area contributed by atoms with Gasteiger partial charge in [-0.2, -0.15) is 0 Å². The van der Waals surface area contributed by atoms with E-state index >= 15 is 0 Å². The summed E-state index contributed by atoms with van der Waals surface area (Å²) < 4.78 is 10.7. The lowest BCUT2D eigenvalue weighted by molar-refractivity contribution is -0.907. The fraction of sp³-hybridized carbons (Fsp3) is 0.500. The van der Waals surface area contributed by atoms with Gasteiger partial charge in [0.2, 0.25) is 0 Å². The molecule has 1 N–H and O–H groups in total. The molecule has 22 heavy (non-hydrogen) atoms. The predicted octanol–water partition coefficient (Wildman–Crippen LogP) is 1.71. The molecular weight excluding hydrogens is 278 g/mol. The zero-order valence-electron chi connectivity index (χ0n) is 13.5. The summed E-state index contributed by atoms with van der Waals surface area (Å²) >= 11 is 0. The molecule has 0 unspecified atom stereocenters. The topological polar surface area (TPSA) is 40.0 Å². The zero-order chi connectivity index (χ0) is 15.8. The molecule has 0 aliphatic carbocycles. The minimum Gasteiger partial charge on any atom is -0.496 e. The number of carbonyl (C=O) groups is 1. The Kier molecular flexibility index (Phi) is 6.46. The van der Waals surface area contributed by atoms with Crippen molar-refractivity contribution >= 4 is 12.0 Å². The maximum absolute atomic E-state index is 11.9. The highest BCUT2D eigenvalue weighted by Crippen LogP contribution is 2.18. The van der Waals surface area contributed by atoms with Crippen molar-refractivity contribution in [3.8, 4) is 5.75 Å². The van der Waals surface area contributed by atoms with E-state index in [2.05, 4.69) is 0 Å². The Morgan fingerprint density at radius 2 is 2.00 bits per heavy atom. The van der Waals surface area contributed by atoms with Gasteiger partial charge >= 0.3 is 5.97 Å². The summed E-state index contributed by atoms with van der Waals surface area (Å²) in [6.45, 7) is 5.25. The smallest absolute Gasteiger partial charge is 0.331 e. The van der Waals surface area contributed by atoms with Crippen molar-refractivity contribution in [2.24, 2.45) is 0 Å². The highest BCUT2D eigenvalue weighted by molar-refractivity contribution is 5.87. The van der Waals surface area contributed by atoms with Gasteiger partial charge in [-0.15, -0.1) is 0 Å². The van der Waals surface area contributed by atoms with Crippen molar-refractivity contribution in [3.63, 3.8) is 0 Å². The van der Waals surface area contributed by atoms with Crippen LogP contribution in [-0.4, -0.2) is 38.8 Å². The van der Waals surface area contributed by atoms with E-state index in [1.807, 2.05) is 31.2 Å². The highest BCUT2D eigenvalue weighted by atomic mass is 16.5. The molecule has 4 nitrogen and oxygen atoms in total. The van der Waals surface area contributed by atoms with Gasteiger partial charge in [-0.1, -0.05) is 18.2 Å². The number of likely N-dealkylation sites (tertiary alicyclic amines) is 1. The van der Waals surface area contributed by atoms with Crippen molar-refractivity contribution < 1.29 is 19.2 Å². The van der Waals surface area contributed by atoms with Crippen LogP contribution in [0, 0.1) is 0 Å². The molecule has 0 amide bonds. The number of benzene rings is 1. The summed E-state index contributed by atoms with van der Waals surface area (Å²) in [5.74, 6) is 0.451.